The van der Waals surface area contributed by atoms with Gasteiger partial charge in [-0.1, -0.05) is 15.9 Å². The molecule has 1 aliphatic rings. The predicted octanol–water partition coefficient (Wildman–Crippen LogP) is 3.44. The number of hydrogen-bond donors (Lipinski definition) is 1. The zero-order chi connectivity index (χ0) is 12.3. The Morgan fingerprint density at radius 1 is 1.53 bits per heavy atom. The van der Waals surface area contributed by atoms with Crippen LogP contribution in [0.2, 0.25) is 0 Å². The first kappa shape index (κ1) is 13.4. The van der Waals surface area contributed by atoms with Crippen molar-refractivity contribution in [1.29, 1.82) is 0 Å². The van der Waals surface area contributed by atoms with Crippen molar-refractivity contribution in [2.24, 2.45) is 0 Å². The first-order valence-corrected chi connectivity index (χ1v) is 7.59. The molecule has 4 heteroatoms. The first-order valence-electron chi connectivity index (χ1n) is 5.92. The average molecular weight is 316 g/mol. The molecule has 1 heterocycles. The Kier molecular flexibility index (Phi) is 4.91. The molecule has 2 rings (SSSR count). The molecule has 0 saturated carbocycles. The highest BCUT2D eigenvalue weighted by molar-refractivity contribution is 9.10. The number of ether oxygens (including phenoxy) is 1. The summed E-state index contributed by atoms with van der Waals surface area (Å²) < 4.78 is 6.76. The van der Waals surface area contributed by atoms with E-state index >= 15 is 0 Å². The summed E-state index contributed by atoms with van der Waals surface area (Å²) in [5.41, 5.74) is 1.35. The molecular weight excluding hydrogens is 298 g/mol. The van der Waals surface area contributed by atoms with Crippen LogP contribution in [0.1, 0.15) is 18.9 Å². The normalized spacial score (nSPS) is 24.2. The van der Waals surface area contributed by atoms with Crippen molar-refractivity contribution in [3.8, 4) is 0 Å². The lowest BCUT2D eigenvalue weighted by Gasteiger charge is -2.16. The molecule has 0 aliphatic carbocycles. The molecule has 94 valence electrons. The van der Waals surface area contributed by atoms with Crippen molar-refractivity contribution in [3.63, 3.8) is 0 Å². The van der Waals surface area contributed by atoms with Crippen LogP contribution in [0.3, 0.4) is 0 Å². The van der Waals surface area contributed by atoms with E-state index in [-0.39, 0.29) is 0 Å². The van der Waals surface area contributed by atoms with E-state index in [1.165, 1.54) is 10.5 Å². The highest BCUT2D eigenvalue weighted by atomic mass is 79.9. The molecule has 1 saturated heterocycles. The monoisotopic (exact) mass is 315 g/mol. The van der Waals surface area contributed by atoms with E-state index in [1.807, 2.05) is 18.8 Å². The Balaban J connectivity index is 2.13. The molecule has 1 aromatic rings. The van der Waals surface area contributed by atoms with E-state index in [4.69, 9.17) is 4.74 Å². The second-order valence-corrected chi connectivity index (χ2v) is 6.50. The second-order valence-electron chi connectivity index (χ2n) is 4.30. The third-order valence-electron chi connectivity index (χ3n) is 2.97. The van der Waals surface area contributed by atoms with Crippen molar-refractivity contribution in [1.82, 2.24) is 5.32 Å². The standard InChI is InChI=1S/C13H18BrNOS/c1-9-12(5-6-16-9)17-13-4-3-11(14)7-10(13)8-15-2/h3-4,7,9,12,15H,5-6,8H2,1-2H3. The second kappa shape index (κ2) is 6.23. The smallest absolute Gasteiger partial charge is 0.0669 e. The minimum atomic E-state index is 0.367. The van der Waals surface area contributed by atoms with E-state index < -0.39 is 0 Å². The number of nitrogens with one attached hydrogen (secondary N) is 1. The molecule has 1 aromatic carbocycles. The maximum atomic E-state index is 5.62. The van der Waals surface area contributed by atoms with Crippen LogP contribution in [-0.4, -0.2) is 25.0 Å². The maximum absolute atomic E-state index is 5.62. The van der Waals surface area contributed by atoms with E-state index in [2.05, 4.69) is 46.4 Å². The molecule has 1 aliphatic heterocycles. The van der Waals surface area contributed by atoms with Crippen LogP contribution >= 0.6 is 27.7 Å². The van der Waals surface area contributed by atoms with Crippen molar-refractivity contribution >= 4 is 27.7 Å². The Hall–Kier alpha value is -0.0300. The maximum Gasteiger partial charge on any atom is 0.0669 e. The summed E-state index contributed by atoms with van der Waals surface area (Å²) in [5, 5.41) is 3.81. The van der Waals surface area contributed by atoms with Gasteiger partial charge in [0, 0.05) is 27.8 Å². The van der Waals surface area contributed by atoms with E-state index in [9.17, 15) is 0 Å². The van der Waals surface area contributed by atoms with Gasteiger partial charge in [0.05, 0.1) is 6.10 Å². The Bertz CT molecular complexity index is 386. The molecule has 1 fully saturated rings. The van der Waals surface area contributed by atoms with Crippen molar-refractivity contribution in [2.75, 3.05) is 13.7 Å². The Morgan fingerprint density at radius 3 is 3.00 bits per heavy atom. The topological polar surface area (TPSA) is 21.3 Å². The number of benzene rings is 1. The number of halogens is 1. The summed E-state index contributed by atoms with van der Waals surface area (Å²) >= 11 is 5.48. The van der Waals surface area contributed by atoms with Crippen LogP contribution in [0.25, 0.3) is 0 Å². The van der Waals surface area contributed by atoms with Crippen LogP contribution in [0.4, 0.5) is 0 Å². The molecule has 0 bridgehead atoms. The van der Waals surface area contributed by atoms with Crippen LogP contribution < -0.4 is 5.32 Å². The van der Waals surface area contributed by atoms with Crippen molar-refractivity contribution < 1.29 is 4.74 Å². The fourth-order valence-corrected chi connectivity index (χ4v) is 3.67. The zero-order valence-corrected chi connectivity index (χ0v) is 12.6. The van der Waals surface area contributed by atoms with Gasteiger partial charge in [0.1, 0.15) is 0 Å². The van der Waals surface area contributed by atoms with Gasteiger partial charge in [-0.3, -0.25) is 0 Å². The van der Waals surface area contributed by atoms with Gasteiger partial charge in [-0.25, -0.2) is 0 Å². The quantitative estimate of drug-likeness (QED) is 0.919. The van der Waals surface area contributed by atoms with Crippen LogP contribution in [-0.2, 0) is 11.3 Å². The Labute approximate surface area is 116 Å². The minimum Gasteiger partial charge on any atom is -0.377 e. The Morgan fingerprint density at radius 2 is 2.35 bits per heavy atom. The predicted molar refractivity (Wildman–Crippen MR) is 76.6 cm³/mol. The fraction of sp³-hybridized carbons (Fsp3) is 0.538. The molecule has 0 aromatic heterocycles. The van der Waals surface area contributed by atoms with Gasteiger partial charge in [-0.05, 0) is 44.2 Å². The number of hydrogen-bond acceptors (Lipinski definition) is 3. The van der Waals surface area contributed by atoms with Gasteiger partial charge in [-0.2, -0.15) is 0 Å². The van der Waals surface area contributed by atoms with Gasteiger partial charge in [0.2, 0.25) is 0 Å². The third-order valence-corrected chi connectivity index (χ3v) is 5.04. The summed E-state index contributed by atoms with van der Waals surface area (Å²) in [6.07, 6.45) is 1.52. The SMILES string of the molecule is CNCc1cc(Br)ccc1SC1CCOC1C. The average Bonchev–Trinajstić information content (AvgIpc) is 2.69. The number of rotatable bonds is 4. The highest BCUT2D eigenvalue weighted by Gasteiger charge is 2.25. The largest absolute Gasteiger partial charge is 0.377 e. The van der Waals surface area contributed by atoms with E-state index in [0.717, 1.165) is 24.0 Å². The minimum absolute atomic E-state index is 0.367. The lowest BCUT2D eigenvalue weighted by atomic mass is 10.2. The highest BCUT2D eigenvalue weighted by Crippen LogP contribution is 2.35. The van der Waals surface area contributed by atoms with Gasteiger partial charge in [0.25, 0.3) is 0 Å². The van der Waals surface area contributed by atoms with Gasteiger partial charge in [0.15, 0.2) is 0 Å². The van der Waals surface area contributed by atoms with Crippen molar-refractivity contribution in [2.45, 2.75) is 36.1 Å². The first-order chi connectivity index (χ1) is 8.20. The molecular formula is C13H18BrNOS. The summed E-state index contributed by atoms with van der Waals surface area (Å²) in [6.45, 7) is 3.97. The molecule has 0 spiro atoms. The van der Waals surface area contributed by atoms with Crippen LogP contribution in [0, 0.1) is 0 Å². The molecule has 1 N–H and O–H groups in total. The molecule has 2 nitrogen and oxygen atoms in total. The third kappa shape index (κ3) is 3.47. The van der Waals surface area contributed by atoms with Crippen LogP contribution in [0.5, 0.6) is 0 Å². The molecule has 17 heavy (non-hydrogen) atoms. The molecule has 2 unspecified atom stereocenters. The number of thioether (sulfide) groups is 1. The lowest BCUT2D eigenvalue weighted by molar-refractivity contribution is 0.127. The molecule has 0 radical (unpaired) electrons. The molecule has 2 atom stereocenters. The van der Waals surface area contributed by atoms with E-state index in [1.54, 1.807) is 0 Å². The van der Waals surface area contributed by atoms with Gasteiger partial charge >= 0.3 is 0 Å². The fourth-order valence-electron chi connectivity index (χ4n) is 2.02. The summed E-state index contributed by atoms with van der Waals surface area (Å²) in [7, 11) is 1.98. The lowest BCUT2D eigenvalue weighted by Crippen LogP contribution is -2.14. The molecule has 0 amide bonds. The van der Waals surface area contributed by atoms with Crippen LogP contribution in [0.15, 0.2) is 27.6 Å². The zero-order valence-electron chi connectivity index (χ0n) is 10.2. The van der Waals surface area contributed by atoms with E-state index in [0.29, 0.717) is 11.4 Å². The van der Waals surface area contributed by atoms with Gasteiger partial charge < -0.3 is 10.1 Å². The van der Waals surface area contributed by atoms with Gasteiger partial charge in [-0.15, -0.1) is 11.8 Å². The summed E-state index contributed by atoms with van der Waals surface area (Å²) in [5.74, 6) is 0. The summed E-state index contributed by atoms with van der Waals surface area (Å²) in [4.78, 5) is 1.37. The van der Waals surface area contributed by atoms with Crippen molar-refractivity contribution in [3.05, 3.63) is 28.2 Å². The summed E-state index contributed by atoms with van der Waals surface area (Å²) in [6, 6.07) is 6.51.